The van der Waals surface area contributed by atoms with Gasteiger partial charge in [0.1, 0.15) is 0 Å². The van der Waals surface area contributed by atoms with Gasteiger partial charge in [0.25, 0.3) is 0 Å². The van der Waals surface area contributed by atoms with E-state index < -0.39 is 0 Å². The zero-order chi connectivity index (χ0) is 13.9. The number of aryl methyl sites for hydroxylation is 1. The van der Waals surface area contributed by atoms with Crippen LogP contribution in [0.4, 0.5) is 0 Å². The molecular formula is C17H26N2O. The minimum atomic E-state index is -0.0993. The molecule has 2 heterocycles. The molecule has 0 radical (unpaired) electrons. The monoisotopic (exact) mass is 274 g/mol. The third kappa shape index (κ3) is 3.04. The van der Waals surface area contributed by atoms with Crippen LogP contribution in [0.3, 0.4) is 0 Å². The molecule has 1 N–H and O–H groups in total. The number of aliphatic hydroxyl groups is 1. The van der Waals surface area contributed by atoms with Gasteiger partial charge in [-0.2, -0.15) is 0 Å². The Balaban J connectivity index is 1.57. The van der Waals surface area contributed by atoms with Crippen LogP contribution in [-0.2, 0) is 0 Å². The van der Waals surface area contributed by atoms with Crippen LogP contribution >= 0.6 is 0 Å². The number of likely N-dealkylation sites (tertiary alicyclic amines) is 1. The Morgan fingerprint density at radius 3 is 2.50 bits per heavy atom. The molecule has 1 aromatic rings. The number of aromatic nitrogens is 1. The first-order chi connectivity index (χ1) is 9.74. The van der Waals surface area contributed by atoms with Crippen LogP contribution in [0, 0.1) is 6.92 Å². The first kappa shape index (κ1) is 14.0. The lowest BCUT2D eigenvalue weighted by Gasteiger charge is -2.41. The van der Waals surface area contributed by atoms with Crippen LogP contribution in [0.15, 0.2) is 18.3 Å². The molecule has 0 spiro atoms. The number of hydrogen-bond acceptors (Lipinski definition) is 3. The molecule has 110 valence electrons. The van der Waals surface area contributed by atoms with Crippen molar-refractivity contribution in [2.24, 2.45) is 0 Å². The van der Waals surface area contributed by atoms with Crippen molar-refractivity contribution in [1.29, 1.82) is 0 Å². The van der Waals surface area contributed by atoms with Gasteiger partial charge < -0.3 is 5.11 Å². The van der Waals surface area contributed by atoms with E-state index in [1.165, 1.54) is 43.4 Å². The third-order valence-corrected chi connectivity index (χ3v) is 5.05. The van der Waals surface area contributed by atoms with Gasteiger partial charge in [-0.1, -0.05) is 18.9 Å². The van der Waals surface area contributed by atoms with E-state index in [0.29, 0.717) is 12.0 Å². The Kier molecular flexibility index (Phi) is 4.37. The fourth-order valence-electron chi connectivity index (χ4n) is 3.77. The van der Waals surface area contributed by atoms with Gasteiger partial charge in [-0.05, 0) is 57.3 Å². The maximum Gasteiger partial charge on any atom is 0.0695 e. The van der Waals surface area contributed by atoms with Crippen molar-refractivity contribution in [3.63, 3.8) is 0 Å². The van der Waals surface area contributed by atoms with Gasteiger partial charge in [0.05, 0.1) is 6.10 Å². The number of hydrogen-bond donors (Lipinski definition) is 1. The average Bonchev–Trinajstić information content (AvgIpc) is 2.49. The summed E-state index contributed by atoms with van der Waals surface area (Å²) in [5.74, 6) is 0.604. The van der Waals surface area contributed by atoms with E-state index in [2.05, 4.69) is 28.9 Å². The molecule has 0 unspecified atom stereocenters. The van der Waals surface area contributed by atoms with Gasteiger partial charge in [-0.3, -0.25) is 9.88 Å². The quantitative estimate of drug-likeness (QED) is 0.901. The molecule has 3 heteroatoms. The first-order valence-corrected chi connectivity index (χ1v) is 8.09. The molecule has 3 rings (SSSR count). The number of nitrogens with zero attached hydrogens (tertiary/aromatic N) is 2. The van der Waals surface area contributed by atoms with E-state index in [-0.39, 0.29) is 6.10 Å². The maximum atomic E-state index is 10.2. The van der Waals surface area contributed by atoms with Gasteiger partial charge in [-0.15, -0.1) is 0 Å². The van der Waals surface area contributed by atoms with Crippen molar-refractivity contribution in [2.45, 2.75) is 63.5 Å². The summed E-state index contributed by atoms with van der Waals surface area (Å²) in [6.07, 6.45) is 8.88. The molecule has 2 aliphatic rings. The Morgan fingerprint density at radius 1 is 1.10 bits per heavy atom. The highest BCUT2D eigenvalue weighted by Gasteiger charge is 2.31. The fourth-order valence-corrected chi connectivity index (χ4v) is 3.77. The SMILES string of the molecule is Cc1ccc(C2CCN([C@@H]3CCCC[C@H]3O)CC2)nc1. The highest BCUT2D eigenvalue weighted by molar-refractivity contribution is 5.16. The summed E-state index contributed by atoms with van der Waals surface area (Å²) in [6, 6.07) is 4.76. The average molecular weight is 274 g/mol. The number of aliphatic hydroxyl groups excluding tert-OH is 1. The van der Waals surface area contributed by atoms with Crippen molar-refractivity contribution >= 4 is 0 Å². The zero-order valence-corrected chi connectivity index (χ0v) is 12.5. The topological polar surface area (TPSA) is 36.4 Å². The van der Waals surface area contributed by atoms with Crippen molar-refractivity contribution in [1.82, 2.24) is 9.88 Å². The van der Waals surface area contributed by atoms with Crippen LogP contribution in [0.5, 0.6) is 0 Å². The summed E-state index contributed by atoms with van der Waals surface area (Å²) in [4.78, 5) is 7.11. The molecule has 1 aliphatic carbocycles. The number of rotatable bonds is 2. The molecule has 2 fully saturated rings. The zero-order valence-electron chi connectivity index (χ0n) is 12.5. The summed E-state index contributed by atoms with van der Waals surface area (Å²) >= 11 is 0. The van der Waals surface area contributed by atoms with Crippen molar-refractivity contribution in [3.05, 3.63) is 29.6 Å². The smallest absolute Gasteiger partial charge is 0.0695 e. The van der Waals surface area contributed by atoms with E-state index in [9.17, 15) is 5.11 Å². The largest absolute Gasteiger partial charge is 0.391 e. The van der Waals surface area contributed by atoms with E-state index >= 15 is 0 Å². The van der Waals surface area contributed by atoms with Crippen LogP contribution in [-0.4, -0.2) is 40.2 Å². The Bertz CT molecular complexity index is 423. The van der Waals surface area contributed by atoms with E-state index in [4.69, 9.17) is 0 Å². The summed E-state index contributed by atoms with van der Waals surface area (Å²) < 4.78 is 0. The van der Waals surface area contributed by atoms with Gasteiger partial charge >= 0.3 is 0 Å². The maximum absolute atomic E-state index is 10.2. The predicted molar refractivity (Wildman–Crippen MR) is 80.8 cm³/mol. The highest BCUT2D eigenvalue weighted by Crippen LogP contribution is 2.31. The summed E-state index contributed by atoms with van der Waals surface area (Å²) in [5, 5.41) is 10.2. The Morgan fingerprint density at radius 2 is 1.85 bits per heavy atom. The molecule has 0 aromatic carbocycles. The second-order valence-corrected chi connectivity index (χ2v) is 6.49. The van der Waals surface area contributed by atoms with Crippen molar-refractivity contribution in [3.8, 4) is 0 Å². The van der Waals surface area contributed by atoms with Gasteiger partial charge in [0, 0.05) is 23.9 Å². The second kappa shape index (κ2) is 6.23. The molecule has 20 heavy (non-hydrogen) atoms. The standard InChI is InChI=1S/C17H26N2O/c1-13-6-7-15(18-12-13)14-8-10-19(11-9-14)16-4-2-3-5-17(16)20/h6-7,12,14,16-17,20H,2-5,8-11H2,1H3/t16-,17-/m1/s1. The predicted octanol–water partition coefficient (Wildman–Crippen LogP) is 2.87. The lowest BCUT2D eigenvalue weighted by molar-refractivity contribution is 0.00853. The van der Waals surface area contributed by atoms with Crippen molar-refractivity contribution < 1.29 is 5.11 Å². The summed E-state index contributed by atoms with van der Waals surface area (Å²) in [6.45, 7) is 4.31. The molecule has 0 bridgehead atoms. The second-order valence-electron chi connectivity index (χ2n) is 6.49. The van der Waals surface area contributed by atoms with E-state index in [1.54, 1.807) is 0 Å². The van der Waals surface area contributed by atoms with Gasteiger partial charge in [0.2, 0.25) is 0 Å². The number of pyridine rings is 1. The first-order valence-electron chi connectivity index (χ1n) is 8.09. The lowest BCUT2D eigenvalue weighted by atomic mass is 9.87. The molecule has 1 aromatic heterocycles. The molecule has 0 amide bonds. The van der Waals surface area contributed by atoms with Crippen LogP contribution in [0.2, 0.25) is 0 Å². The molecule has 2 atom stereocenters. The van der Waals surface area contributed by atoms with Gasteiger partial charge in [-0.25, -0.2) is 0 Å². The van der Waals surface area contributed by atoms with Gasteiger partial charge in [0.15, 0.2) is 0 Å². The fraction of sp³-hybridized carbons (Fsp3) is 0.706. The van der Waals surface area contributed by atoms with E-state index in [0.717, 1.165) is 19.5 Å². The molecule has 3 nitrogen and oxygen atoms in total. The Labute approximate surface area is 122 Å². The normalized spacial score (nSPS) is 29.5. The number of piperidine rings is 1. The van der Waals surface area contributed by atoms with Crippen LogP contribution in [0.25, 0.3) is 0 Å². The minimum absolute atomic E-state index is 0.0993. The lowest BCUT2D eigenvalue weighted by Crippen LogP contribution is -2.48. The van der Waals surface area contributed by atoms with Crippen molar-refractivity contribution in [2.75, 3.05) is 13.1 Å². The minimum Gasteiger partial charge on any atom is -0.391 e. The summed E-state index contributed by atoms with van der Waals surface area (Å²) in [7, 11) is 0. The van der Waals surface area contributed by atoms with Crippen LogP contribution in [0.1, 0.15) is 55.7 Å². The third-order valence-electron chi connectivity index (χ3n) is 5.05. The molecule has 1 aliphatic heterocycles. The molecule has 1 saturated carbocycles. The highest BCUT2D eigenvalue weighted by atomic mass is 16.3. The molecule has 1 saturated heterocycles. The van der Waals surface area contributed by atoms with Crippen LogP contribution < -0.4 is 0 Å². The Hall–Kier alpha value is -0.930. The van der Waals surface area contributed by atoms with E-state index in [1.807, 2.05) is 6.20 Å². The molecular weight excluding hydrogens is 248 g/mol. The summed E-state index contributed by atoms with van der Waals surface area (Å²) in [5.41, 5.74) is 2.48.